The van der Waals surface area contributed by atoms with E-state index in [1.54, 1.807) is 0 Å². The molecule has 2 aliphatic rings. The molecule has 3 aromatic rings. The molecule has 0 N–H and O–H groups in total. The first-order chi connectivity index (χ1) is 14.6. The molecular weight excluding hydrogens is 388 g/mol. The Kier molecular flexibility index (Phi) is 4.94. The summed E-state index contributed by atoms with van der Waals surface area (Å²) in [5.74, 6) is 1.12. The Morgan fingerprint density at radius 1 is 1.07 bits per heavy atom. The van der Waals surface area contributed by atoms with E-state index in [0.717, 1.165) is 17.9 Å². The Morgan fingerprint density at radius 2 is 1.93 bits per heavy atom. The predicted octanol–water partition coefficient (Wildman–Crippen LogP) is 5.78. The molecule has 0 radical (unpaired) electrons. The van der Waals surface area contributed by atoms with Gasteiger partial charge in [-0.2, -0.15) is 0 Å². The lowest BCUT2D eigenvalue weighted by Crippen LogP contribution is -2.35. The quantitative estimate of drug-likeness (QED) is 0.541. The molecule has 1 fully saturated rings. The number of aryl methyl sites for hydroxylation is 2. The van der Waals surface area contributed by atoms with Gasteiger partial charge in [-0.05, 0) is 68.7 Å². The summed E-state index contributed by atoms with van der Waals surface area (Å²) in [6, 6.07) is 18.0. The SMILES string of the molecule is CC[C@@H]1CSC2=N[C@H](c3ccccn3)[C@H](c3cc(C)n(-c4cccc(C)c4)c3C)N21. The fraction of sp³-hybridized carbons (Fsp3) is 0.360. The lowest BCUT2D eigenvalue weighted by Gasteiger charge is -2.32. The Balaban J connectivity index is 1.64. The van der Waals surface area contributed by atoms with Crippen molar-refractivity contribution >= 4 is 16.9 Å². The zero-order valence-electron chi connectivity index (χ0n) is 18.0. The maximum absolute atomic E-state index is 5.18. The minimum absolute atomic E-state index is 0.0366. The van der Waals surface area contributed by atoms with E-state index in [-0.39, 0.29) is 12.1 Å². The molecule has 2 aliphatic heterocycles. The summed E-state index contributed by atoms with van der Waals surface area (Å²) < 4.78 is 2.39. The number of rotatable bonds is 4. The number of hydrogen-bond acceptors (Lipinski definition) is 4. The number of amidine groups is 1. The molecule has 0 amide bonds. The topological polar surface area (TPSA) is 33.4 Å². The number of nitrogens with zero attached hydrogens (tertiary/aromatic N) is 4. The van der Waals surface area contributed by atoms with E-state index in [2.05, 4.69) is 79.6 Å². The molecule has 0 unspecified atom stereocenters. The van der Waals surface area contributed by atoms with Crippen LogP contribution in [0.25, 0.3) is 5.69 Å². The molecule has 154 valence electrons. The average Bonchev–Trinajstić information content (AvgIpc) is 3.40. The average molecular weight is 417 g/mol. The Bertz CT molecular complexity index is 1100. The molecule has 0 bridgehead atoms. The third-order valence-electron chi connectivity index (χ3n) is 6.38. The number of aliphatic imine (C=N–C) groups is 1. The molecule has 4 nitrogen and oxygen atoms in total. The van der Waals surface area contributed by atoms with Gasteiger partial charge in [-0.3, -0.25) is 9.98 Å². The van der Waals surface area contributed by atoms with Gasteiger partial charge in [0.25, 0.3) is 0 Å². The van der Waals surface area contributed by atoms with Crippen LogP contribution >= 0.6 is 11.8 Å². The number of pyridine rings is 1. The first kappa shape index (κ1) is 19.4. The highest BCUT2D eigenvalue weighted by Gasteiger charge is 2.46. The Morgan fingerprint density at radius 3 is 2.67 bits per heavy atom. The summed E-state index contributed by atoms with van der Waals surface area (Å²) in [5.41, 5.74) is 7.49. The molecule has 5 heteroatoms. The van der Waals surface area contributed by atoms with Crippen molar-refractivity contribution in [2.24, 2.45) is 4.99 Å². The number of aromatic nitrogens is 2. The van der Waals surface area contributed by atoms with Gasteiger partial charge < -0.3 is 9.47 Å². The number of thioether (sulfide) groups is 1. The van der Waals surface area contributed by atoms with E-state index in [1.807, 2.05) is 24.0 Å². The van der Waals surface area contributed by atoms with Gasteiger partial charge in [-0.15, -0.1) is 0 Å². The smallest absolute Gasteiger partial charge is 0.160 e. The van der Waals surface area contributed by atoms with Crippen LogP contribution in [0.1, 0.15) is 53.6 Å². The zero-order chi connectivity index (χ0) is 20.8. The van der Waals surface area contributed by atoms with Gasteiger partial charge in [0, 0.05) is 35.1 Å². The molecule has 2 aromatic heterocycles. The predicted molar refractivity (Wildman–Crippen MR) is 126 cm³/mol. The first-order valence-corrected chi connectivity index (χ1v) is 11.7. The van der Waals surface area contributed by atoms with Crippen LogP contribution in [0.2, 0.25) is 0 Å². The fourth-order valence-electron chi connectivity index (χ4n) is 4.94. The van der Waals surface area contributed by atoms with Crippen LogP contribution in [0.3, 0.4) is 0 Å². The van der Waals surface area contributed by atoms with Crippen molar-refractivity contribution < 1.29 is 0 Å². The van der Waals surface area contributed by atoms with Crippen molar-refractivity contribution in [1.29, 1.82) is 0 Å². The normalized spacial score (nSPS) is 23.0. The van der Waals surface area contributed by atoms with Crippen LogP contribution < -0.4 is 0 Å². The van der Waals surface area contributed by atoms with E-state index >= 15 is 0 Å². The third-order valence-corrected chi connectivity index (χ3v) is 7.50. The summed E-state index contributed by atoms with van der Waals surface area (Å²) in [5, 5.41) is 1.18. The van der Waals surface area contributed by atoms with Gasteiger partial charge in [-0.1, -0.05) is 36.9 Å². The molecule has 0 saturated carbocycles. The maximum atomic E-state index is 5.18. The van der Waals surface area contributed by atoms with Crippen molar-refractivity contribution in [2.75, 3.05) is 5.75 Å². The van der Waals surface area contributed by atoms with Gasteiger partial charge in [0.2, 0.25) is 0 Å². The van der Waals surface area contributed by atoms with Crippen molar-refractivity contribution in [3.8, 4) is 5.69 Å². The van der Waals surface area contributed by atoms with Gasteiger partial charge in [0.1, 0.15) is 6.04 Å². The highest BCUT2D eigenvalue weighted by atomic mass is 32.2. The first-order valence-electron chi connectivity index (χ1n) is 10.7. The molecule has 0 aliphatic carbocycles. The van der Waals surface area contributed by atoms with Crippen molar-refractivity contribution in [3.05, 3.63) is 82.9 Å². The minimum Gasteiger partial charge on any atom is -0.338 e. The Labute approximate surface area is 183 Å². The summed E-state index contributed by atoms with van der Waals surface area (Å²) in [4.78, 5) is 12.4. The molecule has 4 heterocycles. The molecule has 0 spiro atoms. The zero-order valence-corrected chi connectivity index (χ0v) is 18.9. The molecular formula is C25H28N4S. The van der Waals surface area contributed by atoms with Gasteiger partial charge in [0.15, 0.2) is 5.17 Å². The second kappa shape index (κ2) is 7.62. The van der Waals surface area contributed by atoms with Crippen LogP contribution in [-0.2, 0) is 0 Å². The van der Waals surface area contributed by atoms with E-state index < -0.39 is 0 Å². The van der Waals surface area contributed by atoms with Gasteiger partial charge in [-0.25, -0.2) is 0 Å². The molecule has 1 saturated heterocycles. The number of benzene rings is 1. The van der Waals surface area contributed by atoms with E-state index in [0.29, 0.717) is 6.04 Å². The summed E-state index contributed by atoms with van der Waals surface area (Å²) >= 11 is 1.90. The van der Waals surface area contributed by atoms with Crippen LogP contribution in [0.4, 0.5) is 0 Å². The largest absolute Gasteiger partial charge is 0.338 e. The summed E-state index contributed by atoms with van der Waals surface area (Å²) in [7, 11) is 0. The van der Waals surface area contributed by atoms with E-state index in [4.69, 9.17) is 9.98 Å². The Hall–Kier alpha value is -2.53. The van der Waals surface area contributed by atoms with Crippen LogP contribution in [-0.4, -0.2) is 31.4 Å². The van der Waals surface area contributed by atoms with E-state index in [1.165, 1.54) is 33.4 Å². The molecule has 30 heavy (non-hydrogen) atoms. The van der Waals surface area contributed by atoms with Crippen LogP contribution in [0.15, 0.2) is 59.7 Å². The fourth-order valence-corrected chi connectivity index (χ4v) is 6.28. The third kappa shape index (κ3) is 3.07. The second-order valence-electron chi connectivity index (χ2n) is 8.34. The number of fused-ring (bicyclic) bond motifs is 1. The van der Waals surface area contributed by atoms with Gasteiger partial charge in [0.05, 0.1) is 11.7 Å². The standard InChI is InChI=1S/C25H28N4S/c1-5-19-15-30-25-27-23(22-11-6-7-12-26-22)24(29(19)25)21-14-17(3)28(18(21)4)20-10-8-9-16(2)13-20/h6-14,19,23-24H,5,15H2,1-4H3/t19-,23-,24+/m1/s1. The summed E-state index contributed by atoms with van der Waals surface area (Å²) in [6.45, 7) is 8.90. The molecule has 3 atom stereocenters. The maximum Gasteiger partial charge on any atom is 0.160 e. The van der Waals surface area contributed by atoms with Crippen molar-refractivity contribution in [2.45, 2.75) is 52.2 Å². The summed E-state index contributed by atoms with van der Waals surface area (Å²) in [6.07, 6.45) is 3.02. The second-order valence-corrected chi connectivity index (χ2v) is 9.32. The van der Waals surface area contributed by atoms with Crippen molar-refractivity contribution in [3.63, 3.8) is 0 Å². The molecule has 5 rings (SSSR count). The lowest BCUT2D eigenvalue weighted by molar-refractivity contribution is 0.254. The van der Waals surface area contributed by atoms with Gasteiger partial charge >= 0.3 is 0 Å². The van der Waals surface area contributed by atoms with Crippen molar-refractivity contribution in [1.82, 2.24) is 14.5 Å². The van der Waals surface area contributed by atoms with E-state index in [9.17, 15) is 0 Å². The van der Waals surface area contributed by atoms with Crippen LogP contribution in [0.5, 0.6) is 0 Å². The number of hydrogen-bond donors (Lipinski definition) is 0. The minimum atomic E-state index is 0.0366. The van der Waals surface area contributed by atoms with Crippen LogP contribution in [0, 0.1) is 20.8 Å². The monoisotopic (exact) mass is 416 g/mol. The lowest BCUT2D eigenvalue weighted by atomic mass is 9.95. The molecule has 1 aromatic carbocycles. The highest BCUT2D eigenvalue weighted by molar-refractivity contribution is 8.14. The highest BCUT2D eigenvalue weighted by Crippen LogP contribution is 2.49.